The van der Waals surface area contributed by atoms with Gasteiger partial charge in [0.2, 0.25) is 0 Å². The molecule has 0 heterocycles. The Morgan fingerprint density at radius 3 is 2.48 bits per heavy atom. The minimum atomic E-state index is -0.551. The SMILES string of the molecule is CN(C)C(=O)Nc1cccc(OC(=O)NCc2ccccc2)c1. The Kier molecular flexibility index (Phi) is 5.57. The quantitative estimate of drug-likeness (QED) is 0.911. The largest absolute Gasteiger partial charge is 0.412 e. The predicted molar refractivity (Wildman–Crippen MR) is 88.5 cm³/mol. The maximum Gasteiger partial charge on any atom is 0.412 e. The third kappa shape index (κ3) is 5.35. The molecule has 6 nitrogen and oxygen atoms in total. The van der Waals surface area contributed by atoms with E-state index in [0.29, 0.717) is 18.0 Å². The summed E-state index contributed by atoms with van der Waals surface area (Å²) in [6.45, 7) is 0.386. The molecule has 0 radical (unpaired) electrons. The predicted octanol–water partition coefficient (Wildman–Crippen LogP) is 3.07. The molecule has 0 unspecified atom stereocenters. The highest BCUT2D eigenvalue weighted by molar-refractivity contribution is 5.89. The molecule has 0 saturated carbocycles. The van der Waals surface area contributed by atoms with Gasteiger partial charge in [0.1, 0.15) is 5.75 Å². The molecule has 2 aromatic carbocycles. The van der Waals surface area contributed by atoms with E-state index in [1.165, 1.54) is 4.90 Å². The van der Waals surface area contributed by atoms with Crippen molar-refractivity contribution in [2.24, 2.45) is 0 Å². The second-order valence-electron chi connectivity index (χ2n) is 5.08. The lowest BCUT2D eigenvalue weighted by Gasteiger charge is -2.13. The van der Waals surface area contributed by atoms with Gasteiger partial charge < -0.3 is 20.3 Å². The third-order valence-corrected chi connectivity index (χ3v) is 2.98. The Bertz CT molecular complexity index is 672. The van der Waals surface area contributed by atoms with Crippen LogP contribution in [0.2, 0.25) is 0 Å². The second kappa shape index (κ2) is 7.84. The number of rotatable bonds is 4. The van der Waals surface area contributed by atoms with Crippen LogP contribution in [0.15, 0.2) is 54.6 Å². The summed E-state index contributed by atoms with van der Waals surface area (Å²) in [5, 5.41) is 5.36. The minimum Gasteiger partial charge on any atom is -0.410 e. The van der Waals surface area contributed by atoms with E-state index in [2.05, 4.69) is 10.6 Å². The van der Waals surface area contributed by atoms with Gasteiger partial charge in [0.25, 0.3) is 0 Å². The van der Waals surface area contributed by atoms with E-state index in [9.17, 15) is 9.59 Å². The van der Waals surface area contributed by atoms with E-state index in [0.717, 1.165) is 5.56 Å². The summed E-state index contributed by atoms with van der Waals surface area (Å²) in [4.78, 5) is 24.8. The standard InChI is InChI=1S/C17H19N3O3/c1-20(2)16(21)19-14-9-6-10-15(11-14)23-17(22)18-12-13-7-4-3-5-8-13/h3-11H,12H2,1-2H3,(H,18,22)(H,19,21). The monoisotopic (exact) mass is 313 g/mol. The van der Waals surface area contributed by atoms with Gasteiger partial charge in [0.15, 0.2) is 0 Å². The van der Waals surface area contributed by atoms with E-state index in [1.54, 1.807) is 38.4 Å². The molecule has 6 heteroatoms. The maximum atomic E-state index is 11.8. The van der Waals surface area contributed by atoms with Crippen molar-refractivity contribution in [1.82, 2.24) is 10.2 Å². The lowest BCUT2D eigenvalue weighted by atomic mass is 10.2. The van der Waals surface area contributed by atoms with Crippen LogP contribution in [-0.4, -0.2) is 31.1 Å². The normalized spacial score (nSPS) is 9.83. The number of carbonyl (C=O) groups excluding carboxylic acids is 2. The van der Waals surface area contributed by atoms with E-state index in [4.69, 9.17) is 4.74 Å². The summed E-state index contributed by atoms with van der Waals surface area (Å²) in [6, 6.07) is 15.9. The number of amides is 3. The molecule has 3 amide bonds. The molecule has 2 aromatic rings. The van der Waals surface area contributed by atoms with Gasteiger partial charge in [0, 0.05) is 32.4 Å². The number of anilines is 1. The summed E-state index contributed by atoms with van der Waals surface area (Å²) in [6.07, 6.45) is -0.551. The van der Waals surface area contributed by atoms with Gasteiger partial charge >= 0.3 is 12.1 Å². The summed E-state index contributed by atoms with van der Waals surface area (Å²) in [7, 11) is 3.29. The van der Waals surface area contributed by atoms with Crippen LogP contribution in [0, 0.1) is 0 Å². The Morgan fingerprint density at radius 2 is 1.78 bits per heavy atom. The smallest absolute Gasteiger partial charge is 0.410 e. The highest BCUT2D eigenvalue weighted by Gasteiger charge is 2.07. The van der Waals surface area contributed by atoms with Gasteiger partial charge in [-0.05, 0) is 17.7 Å². The van der Waals surface area contributed by atoms with Crippen LogP contribution in [-0.2, 0) is 6.54 Å². The molecule has 0 aliphatic carbocycles. The van der Waals surface area contributed by atoms with Crippen LogP contribution in [0.4, 0.5) is 15.3 Å². The van der Waals surface area contributed by atoms with Crippen molar-refractivity contribution in [1.29, 1.82) is 0 Å². The van der Waals surface area contributed by atoms with Crippen molar-refractivity contribution in [3.05, 3.63) is 60.2 Å². The number of urea groups is 1. The number of benzene rings is 2. The third-order valence-electron chi connectivity index (χ3n) is 2.98. The number of hydrogen-bond acceptors (Lipinski definition) is 3. The molecule has 0 spiro atoms. The lowest BCUT2D eigenvalue weighted by molar-refractivity contribution is 0.200. The summed E-state index contributed by atoms with van der Waals surface area (Å²) >= 11 is 0. The van der Waals surface area contributed by atoms with Gasteiger partial charge in [-0.15, -0.1) is 0 Å². The minimum absolute atomic E-state index is 0.254. The Balaban J connectivity index is 1.89. The van der Waals surface area contributed by atoms with E-state index in [-0.39, 0.29) is 6.03 Å². The molecule has 0 atom stereocenters. The lowest BCUT2D eigenvalue weighted by Crippen LogP contribution is -2.27. The molecular formula is C17H19N3O3. The van der Waals surface area contributed by atoms with Gasteiger partial charge in [-0.25, -0.2) is 9.59 Å². The Labute approximate surface area is 135 Å². The molecular weight excluding hydrogens is 294 g/mol. The Morgan fingerprint density at radius 1 is 1.04 bits per heavy atom. The molecule has 23 heavy (non-hydrogen) atoms. The zero-order chi connectivity index (χ0) is 16.7. The Hall–Kier alpha value is -3.02. The van der Waals surface area contributed by atoms with Gasteiger partial charge in [-0.3, -0.25) is 0 Å². The molecule has 2 N–H and O–H groups in total. The summed E-state index contributed by atoms with van der Waals surface area (Å²) < 4.78 is 5.20. The highest BCUT2D eigenvalue weighted by atomic mass is 16.6. The number of ether oxygens (including phenoxy) is 1. The van der Waals surface area contributed by atoms with E-state index < -0.39 is 6.09 Å². The van der Waals surface area contributed by atoms with Crippen molar-refractivity contribution in [2.45, 2.75) is 6.54 Å². The molecule has 0 aliphatic heterocycles. The van der Waals surface area contributed by atoms with Crippen LogP contribution in [0.3, 0.4) is 0 Å². The first-order valence-corrected chi connectivity index (χ1v) is 7.12. The fourth-order valence-electron chi connectivity index (χ4n) is 1.79. The van der Waals surface area contributed by atoms with Gasteiger partial charge in [-0.2, -0.15) is 0 Å². The molecule has 0 aliphatic rings. The molecule has 0 saturated heterocycles. The summed E-state index contributed by atoms with van der Waals surface area (Å²) in [5.74, 6) is 0.354. The zero-order valence-corrected chi connectivity index (χ0v) is 13.1. The molecule has 120 valence electrons. The van der Waals surface area contributed by atoms with Crippen molar-refractivity contribution in [2.75, 3.05) is 19.4 Å². The van der Waals surface area contributed by atoms with Crippen LogP contribution in [0.1, 0.15) is 5.56 Å². The second-order valence-corrected chi connectivity index (χ2v) is 5.08. The summed E-state index contributed by atoms with van der Waals surface area (Å²) in [5.41, 5.74) is 1.54. The first-order chi connectivity index (χ1) is 11.0. The zero-order valence-electron chi connectivity index (χ0n) is 13.1. The number of hydrogen-bond donors (Lipinski definition) is 2. The topological polar surface area (TPSA) is 70.7 Å². The molecule has 0 bridgehead atoms. The average Bonchev–Trinajstić information content (AvgIpc) is 2.54. The number of nitrogens with one attached hydrogen (secondary N) is 2. The number of carbonyl (C=O) groups is 2. The van der Waals surface area contributed by atoms with Crippen LogP contribution in [0.25, 0.3) is 0 Å². The molecule has 0 fully saturated rings. The highest BCUT2D eigenvalue weighted by Crippen LogP contribution is 2.17. The van der Waals surface area contributed by atoms with Gasteiger partial charge in [0.05, 0.1) is 0 Å². The van der Waals surface area contributed by atoms with Crippen molar-refractivity contribution >= 4 is 17.8 Å². The molecule has 2 rings (SSSR count). The van der Waals surface area contributed by atoms with E-state index in [1.807, 2.05) is 30.3 Å². The van der Waals surface area contributed by atoms with Crippen molar-refractivity contribution < 1.29 is 14.3 Å². The fraction of sp³-hybridized carbons (Fsp3) is 0.176. The number of nitrogens with zero attached hydrogens (tertiary/aromatic N) is 1. The first-order valence-electron chi connectivity index (χ1n) is 7.12. The first kappa shape index (κ1) is 16.4. The van der Waals surface area contributed by atoms with Crippen molar-refractivity contribution in [3.8, 4) is 5.75 Å². The van der Waals surface area contributed by atoms with Crippen LogP contribution in [0.5, 0.6) is 5.75 Å². The van der Waals surface area contributed by atoms with Crippen molar-refractivity contribution in [3.63, 3.8) is 0 Å². The van der Waals surface area contributed by atoms with Gasteiger partial charge in [-0.1, -0.05) is 36.4 Å². The van der Waals surface area contributed by atoms with E-state index >= 15 is 0 Å². The average molecular weight is 313 g/mol. The van der Waals surface area contributed by atoms with Crippen LogP contribution < -0.4 is 15.4 Å². The fourth-order valence-corrected chi connectivity index (χ4v) is 1.79. The maximum absolute atomic E-state index is 11.8. The van der Waals surface area contributed by atoms with Crippen LogP contribution >= 0.6 is 0 Å². The molecule has 0 aromatic heterocycles.